The van der Waals surface area contributed by atoms with Crippen molar-refractivity contribution in [2.75, 3.05) is 13.7 Å². The fourth-order valence-corrected chi connectivity index (χ4v) is 6.06. The molecule has 0 aliphatic carbocycles. The van der Waals surface area contributed by atoms with Crippen LogP contribution in [-0.4, -0.2) is 38.4 Å². The average molecular weight is 491 g/mol. The SMILES string of the molecule is COc1ccc(C(=O)Oc2ccc(-c3ccc(C#N)cc3)cc2)cc1S(=O)(=O)N1CCCCC1C. The zero-order valence-electron chi connectivity index (χ0n) is 19.6. The summed E-state index contributed by atoms with van der Waals surface area (Å²) >= 11 is 0. The molecule has 3 aromatic rings. The van der Waals surface area contributed by atoms with Gasteiger partial charge < -0.3 is 9.47 Å². The highest BCUT2D eigenvalue weighted by Gasteiger charge is 2.33. The lowest BCUT2D eigenvalue weighted by Crippen LogP contribution is -2.42. The third-order valence-electron chi connectivity index (χ3n) is 6.14. The van der Waals surface area contributed by atoms with E-state index in [4.69, 9.17) is 14.7 Å². The van der Waals surface area contributed by atoms with Crippen molar-refractivity contribution in [1.82, 2.24) is 4.31 Å². The Labute approximate surface area is 205 Å². The van der Waals surface area contributed by atoms with E-state index in [-0.39, 0.29) is 22.3 Å². The van der Waals surface area contributed by atoms with Gasteiger partial charge in [-0.15, -0.1) is 0 Å². The van der Waals surface area contributed by atoms with Crippen LogP contribution in [0.4, 0.5) is 0 Å². The molecule has 1 aliphatic rings. The quantitative estimate of drug-likeness (QED) is 0.356. The number of nitriles is 1. The summed E-state index contributed by atoms with van der Waals surface area (Å²) in [5.74, 6) is -0.148. The summed E-state index contributed by atoms with van der Waals surface area (Å²) in [6.45, 7) is 2.33. The van der Waals surface area contributed by atoms with E-state index in [9.17, 15) is 13.2 Å². The van der Waals surface area contributed by atoms with Crippen LogP contribution >= 0.6 is 0 Å². The van der Waals surface area contributed by atoms with E-state index < -0.39 is 16.0 Å². The van der Waals surface area contributed by atoms with Crippen LogP contribution in [-0.2, 0) is 10.0 Å². The van der Waals surface area contributed by atoms with Gasteiger partial charge in [-0.05, 0) is 73.4 Å². The third kappa shape index (κ3) is 5.21. The van der Waals surface area contributed by atoms with Crippen LogP contribution in [0.3, 0.4) is 0 Å². The Hall–Kier alpha value is -3.67. The summed E-state index contributed by atoms with van der Waals surface area (Å²) in [5, 5.41) is 8.94. The number of hydrogen-bond donors (Lipinski definition) is 0. The fraction of sp³-hybridized carbons (Fsp3) is 0.259. The molecule has 8 heteroatoms. The van der Waals surface area contributed by atoms with Crippen LogP contribution in [0.2, 0.25) is 0 Å². The summed E-state index contributed by atoms with van der Waals surface area (Å²) in [7, 11) is -2.44. The summed E-state index contributed by atoms with van der Waals surface area (Å²) in [6.07, 6.45) is 2.58. The predicted molar refractivity (Wildman–Crippen MR) is 132 cm³/mol. The Morgan fingerprint density at radius 3 is 2.26 bits per heavy atom. The van der Waals surface area contributed by atoms with E-state index in [0.29, 0.717) is 17.9 Å². The molecule has 1 heterocycles. The van der Waals surface area contributed by atoms with E-state index in [1.54, 1.807) is 24.3 Å². The molecule has 0 spiro atoms. The molecular weight excluding hydrogens is 464 g/mol. The Morgan fingerprint density at radius 2 is 1.66 bits per heavy atom. The number of esters is 1. The zero-order chi connectivity index (χ0) is 25.0. The first kappa shape index (κ1) is 24.5. The first-order valence-corrected chi connectivity index (χ1v) is 12.8. The number of ether oxygens (including phenoxy) is 2. The van der Waals surface area contributed by atoms with Crippen molar-refractivity contribution in [3.05, 3.63) is 77.9 Å². The van der Waals surface area contributed by atoms with E-state index in [1.165, 1.54) is 29.6 Å². The van der Waals surface area contributed by atoms with Gasteiger partial charge in [-0.1, -0.05) is 30.7 Å². The molecule has 4 rings (SSSR count). The van der Waals surface area contributed by atoms with Gasteiger partial charge in [-0.25, -0.2) is 13.2 Å². The van der Waals surface area contributed by atoms with Crippen molar-refractivity contribution in [2.24, 2.45) is 0 Å². The monoisotopic (exact) mass is 490 g/mol. The van der Waals surface area contributed by atoms with Crippen molar-refractivity contribution in [3.8, 4) is 28.7 Å². The summed E-state index contributed by atoms with van der Waals surface area (Å²) < 4.78 is 39.1. The van der Waals surface area contributed by atoms with Crippen LogP contribution in [0.25, 0.3) is 11.1 Å². The lowest BCUT2D eigenvalue weighted by molar-refractivity contribution is 0.0734. The molecule has 1 saturated heterocycles. The molecule has 0 amide bonds. The predicted octanol–water partition coefficient (Wildman–Crippen LogP) is 5.02. The molecule has 1 fully saturated rings. The lowest BCUT2D eigenvalue weighted by Gasteiger charge is -2.32. The van der Waals surface area contributed by atoms with Crippen LogP contribution in [0.1, 0.15) is 42.1 Å². The molecule has 35 heavy (non-hydrogen) atoms. The molecule has 0 N–H and O–H groups in total. The van der Waals surface area contributed by atoms with Gasteiger partial charge >= 0.3 is 5.97 Å². The fourth-order valence-electron chi connectivity index (χ4n) is 4.18. The van der Waals surface area contributed by atoms with Gasteiger partial charge in [0.15, 0.2) is 0 Å². The number of piperidine rings is 1. The van der Waals surface area contributed by atoms with Crippen LogP contribution < -0.4 is 9.47 Å². The van der Waals surface area contributed by atoms with E-state index in [1.807, 2.05) is 31.2 Å². The number of rotatable bonds is 6. The number of nitrogens with zero attached hydrogens (tertiary/aromatic N) is 2. The van der Waals surface area contributed by atoms with Gasteiger partial charge in [0.05, 0.1) is 24.3 Å². The number of sulfonamides is 1. The van der Waals surface area contributed by atoms with E-state index in [2.05, 4.69) is 6.07 Å². The summed E-state index contributed by atoms with van der Waals surface area (Å²) in [6, 6.07) is 20.4. The van der Waals surface area contributed by atoms with Gasteiger partial charge in [0.2, 0.25) is 10.0 Å². The van der Waals surface area contributed by atoms with Gasteiger partial charge in [0.1, 0.15) is 16.4 Å². The second-order valence-electron chi connectivity index (χ2n) is 8.43. The third-order valence-corrected chi connectivity index (χ3v) is 8.17. The minimum atomic E-state index is -3.84. The highest BCUT2D eigenvalue weighted by atomic mass is 32.2. The molecule has 0 bridgehead atoms. The standard InChI is InChI=1S/C27H26N2O5S/c1-19-5-3-4-16-29(19)35(31,32)26-17-23(12-15-25(26)33-2)27(30)34-24-13-10-22(11-14-24)21-8-6-20(18-28)7-9-21/h6-15,17,19H,3-5,16H2,1-2H3. The molecule has 7 nitrogen and oxygen atoms in total. The largest absolute Gasteiger partial charge is 0.495 e. The molecule has 1 unspecified atom stereocenters. The van der Waals surface area contributed by atoms with Crippen molar-refractivity contribution < 1.29 is 22.7 Å². The van der Waals surface area contributed by atoms with Gasteiger partial charge in [0, 0.05) is 12.6 Å². The van der Waals surface area contributed by atoms with Gasteiger partial charge in [0.25, 0.3) is 0 Å². The van der Waals surface area contributed by atoms with E-state index in [0.717, 1.165) is 30.4 Å². The normalized spacial score (nSPS) is 16.3. The van der Waals surface area contributed by atoms with Crippen LogP contribution in [0, 0.1) is 11.3 Å². The number of carbonyl (C=O) groups excluding carboxylic acids is 1. The topological polar surface area (TPSA) is 96.7 Å². The highest BCUT2D eigenvalue weighted by molar-refractivity contribution is 7.89. The Morgan fingerprint density at radius 1 is 1.00 bits per heavy atom. The maximum atomic E-state index is 13.4. The molecular formula is C27H26N2O5S. The van der Waals surface area contributed by atoms with Crippen LogP contribution in [0.15, 0.2) is 71.6 Å². The Balaban J connectivity index is 1.55. The smallest absolute Gasteiger partial charge is 0.343 e. The minimum Gasteiger partial charge on any atom is -0.495 e. The first-order chi connectivity index (χ1) is 16.8. The first-order valence-electron chi connectivity index (χ1n) is 11.4. The molecule has 0 aromatic heterocycles. The highest BCUT2D eigenvalue weighted by Crippen LogP contribution is 2.32. The maximum Gasteiger partial charge on any atom is 0.343 e. The van der Waals surface area contributed by atoms with Gasteiger partial charge in [-0.3, -0.25) is 0 Å². The minimum absolute atomic E-state index is 0.0423. The molecule has 1 atom stereocenters. The average Bonchev–Trinajstić information content (AvgIpc) is 2.89. The van der Waals surface area contributed by atoms with Crippen LogP contribution in [0.5, 0.6) is 11.5 Å². The van der Waals surface area contributed by atoms with Crippen molar-refractivity contribution in [1.29, 1.82) is 5.26 Å². The molecule has 0 saturated carbocycles. The number of hydrogen-bond acceptors (Lipinski definition) is 6. The summed E-state index contributed by atoms with van der Waals surface area (Å²) in [4.78, 5) is 12.8. The number of benzene rings is 3. The van der Waals surface area contributed by atoms with Crippen molar-refractivity contribution >= 4 is 16.0 Å². The van der Waals surface area contributed by atoms with E-state index >= 15 is 0 Å². The van der Waals surface area contributed by atoms with Gasteiger partial charge in [-0.2, -0.15) is 9.57 Å². The summed E-state index contributed by atoms with van der Waals surface area (Å²) in [5.41, 5.74) is 2.53. The number of carbonyl (C=O) groups is 1. The number of methoxy groups -OCH3 is 1. The second kappa shape index (κ2) is 10.3. The zero-order valence-corrected chi connectivity index (χ0v) is 20.4. The Kier molecular flexibility index (Phi) is 7.20. The second-order valence-corrected chi connectivity index (χ2v) is 10.3. The Bertz CT molecular complexity index is 1360. The molecule has 1 aliphatic heterocycles. The lowest BCUT2D eigenvalue weighted by atomic mass is 10.0. The molecule has 180 valence electrons. The van der Waals surface area contributed by atoms with Crippen molar-refractivity contribution in [3.63, 3.8) is 0 Å². The van der Waals surface area contributed by atoms with Crippen molar-refractivity contribution in [2.45, 2.75) is 37.1 Å². The maximum absolute atomic E-state index is 13.4. The molecule has 0 radical (unpaired) electrons. The molecule has 3 aromatic carbocycles.